The Morgan fingerprint density at radius 3 is 2.73 bits per heavy atom. The molecule has 0 fully saturated rings. The summed E-state index contributed by atoms with van der Waals surface area (Å²) < 4.78 is 2.79. The molecular formula is C15H12N4O3. The number of hydrogen-bond donors (Lipinski definition) is 1. The van der Waals surface area contributed by atoms with Crippen LogP contribution in [0.1, 0.15) is 15.9 Å². The molecule has 0 amide bonds. The molecule has 0 aliphatic heterocycles. The number of aromatic nitrogens is 4. The molecule has 0 radical (unpaired) electrons. The molecule has 2 aromatic heterocycles. The van der Waals surface area contributed by atoms with E-state index in [0.29, 0.717) is 5.69 Å². The highest BCUT2D eigenvalue weighted by Gasteiger charge is 2.12. The molecule has 0 atom stereocenters. The van der Waals surface area contributed by atoms with Crippen molar-refractivity contribution in [3.05, 3.63) is 76.5 Å². The first-order valence-electron chi connectivity index (χ1n) is 6.53. The lowest BCUT2D eigenvalue weighted by Gasteiger charge is -2.05. The van der Waals surface area contributed by atoms with E-state index in [2.05, 4.69) is 10.2 Å². The van der Waals surface area contributed by atoms with Gasteiger partial charge in [0.15, 0.2) is 0 Å². The van der Waals surface area contributed by atoms with Gasteiger partial charge in [-0.2, -0.15) is 10.2 Å². The lowest BCUT2D eigenvalue weighted by atomic mass is 10.2. The van der Waals surface area contributed by atoms with Gasteiger partial charge in [-0.15, -0.1) is 0 Å². The first-order chi connectivity index (χ1) is 10.6. The lowest BCUT2D eigenvalue weighted by molar-refractivity contribution is 0.0696. The topological polar surface area (TPSA) is 90.0 Å². The second kappa shape index (κ2) is 5.65. The van der Waals surface area contributed by atoms with Crippen molar-refractivity contribution in [3.63, 3.8) is 0 Å². The van der Waals surface area contributed by atoms with Crippen molar-refractivity contribution < 1.29 is 9.90 Å². The molecule has 22 heavy (non-hydrogen) atoms. The van der Waals surface area contributed by atoms with E-state index in [4.69, 9.17) is 0 Å². The minimum atomic E-state index is -1.02. The highest BCUT2D eigenvalue weighted by molar-refractivity contribution is 5.91. The zero-order valence-electron chi connectivity index (χ0n) is 11.5. The minimum absolute atomic E-state index is 0.159. The van der Waals surface area contributed by atoms with E-state index in [0.717, 1.165) is 5.56 Å². The predicted molar refractivity (Wildman–Crippen MR) is 78.1 cm³/mol. The Morgan fingerprint density at radius 2 is 1.95 bits per heavy atom. The third kappa shape index (κ3) is 2.64. The summed E-state index contributed by atoms with van der Waals surface area (Å²) in [5.41, 5.74) is 1.17. The van der Waals surface area contributed by atoms with Crippen molar-refractivity contribution in [1.82, 2.24) is 19.6 Å². The van der Waals surface area contributed by atoms with Crippen LogP contribution in [0.4, 0.5) is 0 Å². The summed E-state index contributed by atoms with van der Waals surface area (Å²) in [6.45, 7) is 0.273. The Labute approximate surface area is 125 Å². The molecule has 0 unspecified atom stereocenters. The Kier molecular flexibility index (Phi) is 3.53. The monoisotopic (exact) mass is 296 g/mol. The molecule has 3 aromatic rings. The van der Waals surface area contributed by atoms with Crippen LogP contribution in [-0.2, 0) is 6.54 Å². The van der Waals surface area contributed by atoms with Crippen LogP contribution in [0.2, 0.25) is 0 Å². The van der Waals surface area contributed by atoms with Gasteiger partial charge in [-0.25, -0.2) is 14.2 Å². The van der Waals surface area contributed by atoms with Crippen molar-refractivity contribution in [1.29, 1.82) is 0 Å². The van der Waals surface area contributed by atoms with Gasteiger partial charge in [0, 0.05) is 24.0 Å². The number of carboxylic acids is 1. The van der Waals surface area contributed by atoms with Crippen LogP contribution in [0.3, 0.4) is 0 Å². The first-order valence-corrected chi connectivity index (χ1v) is 6.53. The van der Waals surface area contributed by atoms with E-state index >= 15 is 0 Å². The molecule has 0 aliphatic carbocycles. The Hall–Kier alpha value is -3.22. The van der Waals surface area contributed by atoms with Crippen LogP contribution in [0.15, 0.2) is 59.8 Å². The predicted octanol–water partition coefficient (Wildman–Crippen LogP) is 1.18. The molecule has 110 valence electrons. The van der Waals surface area contributed by atoms with E-state index in [1.165, 1.54) is 27.7 Å². The van der Waals surface area contributed by atoms with Gasteiger partial charge >= 0.3 is 5.97 Å². The van der Waals surface area contributed by atoms with Crippen molar-refractivity contribution in [3.8, 4) is 5.69 Å². The number of carbonyl (C=O) groups is 1. The second-order valence-corrected chi connectivity index (χ2v) is 4.63. The van der Waals surface area contributed by atoms with Gasteiger partial charge in [-0.3, -0.25) is 4.79 Å². The molecule has 0 saturated heterocycles. The van der Waals surface area contributed by atoms with Crippen LogP contribution in [0, 0.1) is 0 Å². The largest absolute Gasteiger partial charge is 0.478 e. The number of rotatable bonds is 4. The fourth-order valence-corrected chi connectivity index (χ4v) is 2.11. The normalized spacial score (nSPS) is 10.5. The molecule has 1 aromatic carbocycles. The van der Waals surface area contributed by atoms with Crippen molar-refractivity contribution in [2.75, 3.05) is 0 Å². The van der Waals surface area contributed by atoms with Crippen molar-refractivity contribution >= 4 is 5.97 Å². The molecule has 7 heteroatoms. The Bertz CT molecular complexity index is 882. The highest BCUT2D eigenvalue weighted by Crippen LogP contribution is 2.14. The van der Waals surface area contributed by atoms with Gasteiger partial charge in [-0.05, 0) is 18.2 Å². The summed E-state index contributed by atoms with van der Waals surface area (Å²) >= 11 is 0. The summed E-state index contributed by atoms with van der Waals surface area (Å²) in [5.74, 6) is -1.02. The van der Waals surface area contributed by atoms with Crippen LogP contribution >= 0.6 is 0 Å². The molecule has 0 bridgehead atoms. The lowest BCUT2D eigenvalue weighted by Crippen LogP contribution is -2.21. The van der Waals surface area contributed by atoms with Gasteiger partial charge in [0.2, 0.25) is 0 Å². The third-order valence-electron chi connectivity index (χ3n) is 3.14. The maximum atomic E-state index is 11.6. The average Bonchev–Trinajstić information content (AvgIpc) is 2.98. The summed E-state index contributed by atoms with van der Waals surface area (Å²) in [4.78, 5) is 22.9. The molecule has 7 nitrogen and oxygen atoms in total. The fourth-order valence-electron chi connectivity index (χ4n) is 2.11. The number of para-hydroxylation sites is 1. The standard InChI is InChI=1S/C15H12N4O3/c20-14-6-3-7-16-19(14)10-11-8-17-18(9-11)13-5-2-1-4-12(13)15(21)22/h1-9H,10H2,(H,21,22). The van der Waals surface area contributed by atoms with E-state index in [9.17, 15) is 14.7 Å². The smallest absolute Gasteiger partial charge is 0.337 e. The molecule has 2 heterocycles. The van der Waals surface area contributed by atoms with Gasteiger partial charge in [-0.1, -0.05) is 12.1 Å². The maximum absolute atomic E-state index is 11.6. The third-order valence-corrected chi connectivity index (χ3v) is 3.14. The number of aromatic carboxylic acids is 1. The maximum Gasteiger partial charge on any atom is 0.337 e. The van der Waals surface area contributed by atoms with Crippen LogP contribution in [-0.4, -0.2) is 30.6 Å². The highest BCUT2D eigenvalue weighted by atomic mass is 16.4. The summed E-state index contributed by atoms with van der Waals surface area (Å²) in [5, 5.41) is 17.3. The molecule has 0 spiro atoms. The fraction of sp³-hybridized carbons (Fsp3) is 0.0667. The number of nitrogens with zero attached hydrogens (tertiary/aromatic N) is 4. The number of benzene rings is 1. The van der Waals surface area contributed by atoms with Gasteiger partial charge in [0.25, 0.3) is 5.56 Å². The number of hydrogen-bond acceptors (Lipinski definition) is 4. The quantitative estimate of drug-likeness (QED) is 0.780. The van der Waals surface area contributed by atoms with Crippen LogP contribution in [0.25, 0.3) is 5.69 Å². The molecule has 3 rings (SSSR count). The minimum Gasteiger partial charge on any atom is -0.478 e. The van der Waals surface area contributed by atoms with Crippen LogP contribution in [0.5, 0.6) is 0 Å². The zero-order valence-corrected chi connectivity index (χ0v) is 11.5. The Morgan fingerprint density at radius 1 is 1.14 bits per heavy atom. The van der Waals surface area contributed by atoms with E-state index in [1.54, 1.807) is 36.7 Å². The van der Waals surface area contributed by atoms with E-state index in [-0.39, 0.29) is 17.7 Å². The summed E-state index contributed by atoms with van der Waals surface area (Å²) in [6.07, 6.45) is 4.80. The zero-order chi connectivity index (χ0) is 15.5. The van der Waals surface area contributed by atoms with Crippen molar-refractivity contribution in [2.45, 2.75) is 6.54 Å². The average molecular weight is 296 g/mol. The Balaban J connectivity index is 1.94. The van der Waals surface area contributed by atoms with Crippen LogP contribution < -0.4 is 5.56 Å². The summed E-state index contributed by atoms with van der Waals surface area (Å²) in [7, 11) is 0. The SMILES string of the molecule is O=C(O)c1ccccc1-n1cc(Cn2ncccc2=O)cn1. The second-order valence-electron chi connectivity index (χ2n) is 4.63. The molecular weight excluding hydrogens is 284 g/mol. The molecule has 1 N–H and O–H groups in total. The summed E-state index contributed by atoms with van der Waals surface area (Å²) in [6, 6.07) is 9.59. The molecule has 0 saturated carbocycles. The number of carboxylic acid groups (broad SMARTS) is 1. The van der Waals surface area contributed by atoms with E-state index < -0.39 is 5.97 Å². The molecule has 0 aliphatic rings. The van der Waals surface area contributed by atoms with Gasteiger partial charge < -0.3 is 5.11 Å². The van der Waals surface area contributed by atoms with E-state index in [1.807, 2.05) is 0 Å². The van der Waals surface area contributed by atoms with Gasteiger partial charge in [0.05, 0.1) is 24.0 Å². The van der Waals surface area contributed by atoms with Crippen molar-refractivity contribution in [2.24, 2.45) is 0 Å². The first kappa shape index (κ1) is 13.7. The van der Waals surface area contributed by atoms with Gasteiger partial charge in [0.1, 0.15) is 0 Å².